The average molecular weight is 366 g/mol. The number of nitrogens with zero attached hydrogens (tertiary/aromatic N) is 1. The number of piperidine rings is 1. The lowest BCUT2D eigenvalue weighted by Crippen LogP contribution is -2.46. The zero-order valence-electron chi connectivity index (χ0n) is 15.7. The van der Waals surface area contributed by atoms with Gasteiger partial charge in [0.25, 0.3) is 5.91 Å². The van der Waals surface area contributed by atoms with Gasteiger partial charge in [-0.3, -0.25) is 9.59 Å². The summed E-state index contributed by atoms with van der Waals surface area (Å²) in [5, 5.41) is 3.07. The van der Waals surface area contributed by atoms with Crippen LogP contribution >= 0.6 is 0 Å². The van der Waals surface area contributed by atoms with Crippen molar-refractivity contribution in [3.05, 3.63) is 65.7 Å². The van der Waals surface area contributed by atoms with Gasteiger partial charge in [0.1, 0.15) is 5.75 Å². The lowest BCUT2D eigenvalue weighted by molar-refractivity contribution is -0.131. The molecular formula is C22H26N2O3. The zero-order valence-corrected chi connectivity index (χ0v) is 15.7. The Balaban J connectivity index is 1.45. The molecule has 1 aliphatic rings. The smallest absolute Gasteiger partial charge is 0.251 e. The maximum absolute atomic E-state index is 12.5. The third kappa shape index (κ3) is 5.33. The first kappa shape index (κ1) is 19.0. The number of carbonyl (C=O) groups excluding carboxylic acids is 2. The van der Waals surface area contributed by atoms with Crippen molar-refractivity contribution in [2.75, 3.05) is 19.7 Å². The van der Waals surface area contributed by atoms with Gasteiger partial charge >= 0.3 is 0 Å². The number of amides is 2. The molecule has 2 aromatic carbocycles. The molecule has 5 heteroatoms. The standard InChI is InChI=1S/C22H26N2O3/c1-2-27-20-10-8-17(9-11-20)16-21(25)24-14-12-19(13-15-24)23-22(26)18-6-4-3-5-7-18/h3-11,19H,2,12-16H2,1H3,(H,23,26). The third-order valence-corrected chi connectivity index (χ3v) is 4.81. The van der Waals surface area contributed by atoms with E-state index < -0.39 is 0 Å². The van der Waals surface area contributed by atoms with Crippen LogP contribution in [-0.2, 0) is 11.2 Å². The molecule has 0 atom stereocenters. The van der Waals surface area contributed by atoms with E-state index in [0.717, 1.165) is 24.2 Å². The van der Waals surface area contributed by atoms with Crippen molar-refractivity contribution in [1.29, 1.82) is 0 Å². The van der Waals surface area contributed by atoms with Crippen molar-refractivity contribution >= 4 is 11.8 Å². The molecule has 0 unspecified atom stereocenters. The van der Waals surface area contributed by atoms with Crippen LogP contribution in [0.3, 0.4) is 0 Å². The molecule has 1 heterocycles. The van der Waals surface area contributed by atoms with Crippen molar-refractivity contribution in [1.82, 2.24) is 10.2 Å². The summed E-state index contributed by atoms with van der Waals surface area (Å²) >= 11 is 0. The Bertz CT molecular complexity index is 751. The number of ether oxygens (including phenoxy) is 1. The van der Waals surface area contributed by atoms with Crippen molar-refractivity contribution in [2.45, 2.75) is 32.2 Å². The molecular weight excluding hydrogens is 340 g/mol. The highest BCUT2D eigenvalue weighted by Gasteiger charge is 2.24. The molecule has 0 radical (unpaired) electrons. The van der Waals surface area contributed by atoms with Gasteiger partial charge in [-0.2, -0.15) is 0 Å². The van der Waals surface area contributed by atoms with Gasteiger partial charge in [-0.05, 0) is 49.6 Å². The van der Waals surface area contributed by atoms with Crippen LogP contribution in [0.4, 0.5) is 0 Å². The van der Waals surface area contributed by atoms with Gasteiger partial charge in [0.15, 0.2) is 0 Å². The van der Waals surface area contributed by atoms with Crippen molar-refractivity contribution in [2.24, 2.45) is 0 Å². The van der Waals surface area contributed by atoms with Gasteiger partial charge in [0.05, 0.1) is 13.0 Å². The first-order valence-corrected chi connectivity index (χ1v) is 9.51. The molecule has 0 bridgehead atoms. The first-order valence-electron chi connectivity index (χ1n) is 9.51. The van der Waals surface area contributed by atoms with E-state index in [0.29, 0.717) is 31.7 Å². The summed E-state index contributed by atoms with van der Waals surface area (Å²) in [5.74, 6) is 0.908. The topological polar surface area (TPSA) is 58.6 Å². The van der Waals surface area contributed by atoms with Crippen LogP contribution in [0, 0.1) is 0 Å². The average Bonchev–Trinajstić information content (AvgIpc) is 2.71. The van der Waals surface area contributed by atoms with Crippen molar-refractivity contribution in [3.8, 4) is 5.75 Å². The van der Waals surface area contributed by atoms with E-state index in [4.69, 9.17) is 4.74 Å². The van der Waals surface area contributed by atoms with Gasteiger partial charge in [-0.15, -0.1) is 0 Å². The van der Waals surface area contributed by atoms with Crippen LogP contribution in [-0.4, -0.2) is 42.5 Å². The number of hydrogen-bond acceptors (Lipinski definition) is 3. The second-order valence-electron chi connectivity index (χ2n) is 6.75. The van der Waals surface area contributed by atoms with E-state index in [2.05, 4.69) is 5.32 Å². The number of rotatable bonds is 6. The fraction of sp³-hybridized carbons (Fsp3) is 0.364. The Hall–Kier alpha value is -2.82. The van der Waals surface area contributed by atoms with Gasteiger partial charge in [-0.1, -0.05) is 30.3 Å². The molecule has 0 aliphatic carbocycles. The van der Waals surface area contributed by atoms with Crippen molar-refractivity contribution < 1.29 is 14.3 Å². The van der Waals surface area contributed by atoms with E-state index in [-0.39, 0.29) is 17.9 Å². The highest BCUT2D eigenvalue weighted by molar-refractivity contribution is 5.94. The van der Waals surface area contributed by atoms with Crippen LogP contribution < -0.4 is 10.1 Å². The highest BCUT2D eigenvalue weighted by atomic mass is 16.5. The second-order valence-corrected chi connectivity index (χ2v) is 6.75. The van der Waals surface area contributed by atoms with E-state index >= 15 is 0 Å². The minimum absolute atomic E-state index is 0.0465. The Morgan fingerprint density at radius 2 is 1.70 bits per heavy atom. The highest BCUT2D eigenvalue weighted by Crippen LogP contribution is 2.16. The van der Waals surface area contributed by atoms with Crippen LogP contribution in [0.2, 0.25) is 0 Å². The maximum Gasteiger partial charge on any atom is 0.251 e. The number of carbonyl (C=O) groups is 2. The Kier molecular flexibility index (Phi) is 6.47. The summed E-state index contributed by atoms with van der Waals surface area (Å²) in [6.45, 7) is 3.93. The van der Waals surface area contributed by atoms with Gasteiger partial charge in [-0.25, -0.2) is 0 Å². The van der Waals surface area contributed by atoms with Gasteiger partial charge < -0.3 is 15.0 Å². The molecule has 2 aromatic rings. The molecule has 142 valence electrons. The fourth-order valence-corrected chi connectivity index (χ4v) is 3.29. The molecule has 0 spiro atoms. The predicted octanol–water partition coefficient (Wildman–Crippen LogP) is 3.05. The summed E-state index contributed by atoms with van der Waals surface area (Å²) in [6, 6.07) is 17.0. The number of benzene rings is 2. The maximum atomic E-state index is 12.5. The molecule has 3 rings (SSSR count). The zero-order chi connectivity index (χ0) is 19.1. The lowest BCUT2D eigenvalue weighted by atomic mass is 10.0. The molecule has 5 nitrogen and oxygen atoms in total. The minimum atomic E-state index is -0.0465. The van der Waals surface area contributed by atoms with E-state index in [1.165, 1.54) is 0 Å². The quantitative estimate of drug-likeness (QED) is 0.855. The number of nitrogens with one attached hydrogen (secondary N) is 1. The fourth-order valence-electron chi connectivity index (χ4n) is 3.29. The minimum Gasteiger partial charge on any atom is -0.494 e. The van der Waals surface area contributed by atoms with E-state index in [1.807, 2.05) is 66.4 Å². The summed E-state index contributed by atoms with van der Waals surface area (Å²) in [5.41, 5.74) is 1.66. The molecule has 1 N–H and O–H groups in total. The van der Waals surface area contributed by atoms with Crippen LogP contribution in [0.15, 0.2) is 54.6 Å². The number of hydrogen-bond donors (Lipinski definition) is 1. The second kappa shape index (κ2) is 9.21. The summed E-state index contributed by atoms with van der Waals surface area (Å²) in [6.07, 6.45) is 1.97. The molecule has 1 aliphatic heterocycles. The molecule has 27 heavy (non-hydrogen) atoms. The SMILES string of the molecule is CCOc1ccc(CC(=O)N2CCC(NC(=O)c3ccccc3)CC2)cc1. The molecule has 1 fully saturated rings. The normalized spacial score (nSPS) is 14.6. The van der Waals surface area contributed by atoms with Crippen LogP contribution in [0.5, 0.6) is 5.75 Å². The Labute approximate surface area is 160 Å². The first-order chi connectivity index (χ1) is 13.2. The van der Waals surface area contributed by atoms with Crippen molar-refractivity contribution in [3.63, 3.8) is 0 Å². The third-order valence-electron chi connectivity index (χ3n) is 4.81. The predicted molar refractivity (Wildman–Crippen MR) is 105 cm³/mol. The van der Waals surface area contributed by atoms with Crippen LogP contribution in [0.1, 0.15) is 35.7 Å². The number of likely N-dealkylation sites (tertiary alicyclic amines) is 1. The van der Waals surface area contributed by atoms with Crippen LogP contribution in [0.25, 0.3) is 0 Å². The molecule has 1 saturated heterocycles. The van der Waals surface area contributed by atoms with E-state index in [1.54, 1.807) is 0 Å². The monoisotopic (exact) mass is 366 g/mol. The summed E-state index contributed by atoms with van der Waals surface area (Å²) in [4.78, 5) is 26.7. The summed E-state index contributed by atoms with van der Waals surface area (Å²) in [7, 11) is 0. The Morgan fingerprint density at radius 1 is 1.04 bits per heavy atom. The summed E-state index contributed by atoms with van der Waals surface area (Å²) < 4.78 is 5.43. The van der Waals surface area contributed by atoms with E-state index in [9.17, 15) is 9.59 Å². The largest absolute Gasteiger partial charge is 0.494 e. The lowest BCUT2D eigenvalue weighted by Gasteiger charge is -2.32. The molecule has 0 saturated carbocycles. The molecule has 0 aromatic heterocycles. The van der Waals surface area contributed by atoms with Gasteiger partial charge in [0, 0.05) is 24.7 Å². The van der Waals surface area contributed by atoms with Gasteiger partial charge in [0.2, 0.25) is 5.91 Å². The Morgan fingerprint density at radius 3 is 2.33 bits per heavy atom. The molecule has 2 amide bonds.